The van der Waals surface area contributed by atoms with Gasteiger partial charge in [0, 0.05) is 18.2 Å². The predicted octanol–water partition coefficient (Wildman–Crippen LogP) is 1.70. The molecule has 0 spiro atoms. The third kappa shape index (κ3) is 6.38. The summed E-state index contributed by atoms with van der Waals surface area (Å²) in [5, 5.41) is 18.1. The maximum atomic E-state index is 12.1. The van der Waals surface area contributed by atoms with Crippen LogP contribution in [0.3, 0.4) is 0 Å². The van der Waals surface area contributed by atoms with Crippen LogP contribution < -0.4 is 5.32 Å². The van der Waals surface area contributed by atoms with Crippen LogP contribution in [0.2, 0.25) is 0 Å². The SMILES string of the molecule is CNC(=O)/C(=N/OC)c1ccccc1CO/N=C(C)/C(=N\OC)C(/C)=N\OC. The van der Waals surface area contributed by atoms with E-state index in [1.54, 1.807) is 32.0 Å². The molecule has 152 valence electrons. The van der Waals surface area contributed by atoms with Crippen LogP contribution in [-0.2, 0) is 30.8 Å². The van der Waals surface area contributed by atoms with Crippen LogP contribution in [0.1, 0.15) is 25.0 Å². The Kier molecular flexibility index (Phi) is 9.73. The van der Waals surface area contributed by atoms with Gasteiger partial charge in [0.1, 0.15) is 39.4 Å². The lowest BCUT2D eigenvalue weighted by Crippen LogP contribution is -2.29. The minimum Gasteiger partial charge on any atom is -0.399 e. The predicted molar refractivity (Wildman–Crippen MR) is 107 cm³/mol. The number of oxime groups is 4. The molecule has 0 bridgehead atoms. The number of hydrogen-bond donors (Lipinski definition) is 1. The molecule has 0 aliphatic carbocycles. The molecular formula is C18H25N5O5. The molecule has 0 aliphatic rings. The van der Waals surface area contributed by atoms with E-state index in [1.165, 1.54) is 28.4 Å². The summed E-state index contributed by atoms with van der Waals surface area (Å²) in [6.07, 6.45) is 0. The van der Waals surface area contributed by atoms with Gasteiger partial charge in [-0.2, -0.15) is 0 Å². The summed E-state index contributed by atoms with van der Waals surface area (Å²) in [4.78, 5) is 31.9. The van der Waals surface area contributed by atoms with Crippen LogP contribution in [-0.4, -0.2) is 57.1 Å². The molecule has 0 aliphatic heterocycles. The van der Waals surface area contributed by atoms with Gasteiger partial charge in [0.25, 0.3) is 5.91 Å². The average Bonchev–Trinajstić information content (AvgIpc) is 2.70. The Labute approximate surface area is 163 Å². The van der Waals surface area contributed by atoms with Crippen molar-refractivity contribution in [1.82, 2.24) is 5.32 Å². The van der Waals surface area contributed by atoms with Crippen LogP contribution in [0.5, 0.6) is 0 Å². The van der Waals surface area contributed by atoms with E-state index >= 15 is 0 Å². The molecule has 1 N–H and O–H groups in total. The van der Waals surface area contributed by atoms with Gasteiger partial charge in [0.2, 0.25) is 0 Å². The molecule has 0 atom stereocenters. The highest BCUT2D eigenvalue weighted by Gasteiger charge is 2.17. The van der Waals surface area contributed by atoms with Crippen molar-refractivity contribution in [3.63, 3.8) is 0 Å². The van der Waals surface area contributed by atoms with Crippen molar-refractivity contribution in [3.8, 4) is 0 Å². The van der Waals surface area contributed by atoms with Crippen molar-refractivity contribution in [2.45, 2.75) is 20.5 Å². The largest absolute Gasteiger partial charge is 0.399 e. The molecule has 0 saturated carbocycles. The molecule has 0 fully saturated rings. The molecule has 0 aromatic heterocycles. The van der Waals surface area contributed by atoms with Crippen molar-refractivity contribution in [2.75, 3.05) is 28.4 Å². The summed E-state index contributed by atoms with van der Waals surface area (Å²) >= 11 is 0. The van der Waals surface area contributed by atoms with Gasteiger partial charge >= 0.3 is 0 Å². The summed E-state index contributed by atoms with van der Waals surface area (Å²) in [6, 6.07) is 7.15. The second-order valence-electron chi connectivity index (χ2n) is 5.29. The Morgan fingerprint density at radius 2 is 1.54 bits per heavy atom. The molecule has 0 radical (unpaired) electrons. The van der Waals surface area contributed by atoms with Gasteiger partial charge in [-0.05, 0) is 13.8 Å². The fourth-order valence-corrected chi connectivity index (χ4v) is 2.21. The van der Waals surface area contributed by atoms with Crippen LogP contribution in [0, 0.1) is 0 Å². The fraction of sp³-hybridized carbons (Fsp3) is 0.389. The van der Waals surface area contributed by atoms with Crippen LogP contribution in [0.15, 0.2) is 44.9 Å². The number of carbonyl (C=O) groups excluding carboxylic acids is 1. The molecule has 10 nitrogen and oxygen atoms in total. The Balaban J connectivity index is 3.06. The van der Waals surface area contributed by atoms with Crippen molar-refractivity contribution < 1.29 is 24.1 Å². The number of nitrogens with one attached hydrogen (secondary N) is 1. The number of nitrogens with zero attached hydrogens (tertiary/aromatic N) is 4. The topological polar surface area (TPSA) is 115 Å². The van der Waals surface area contributed by atoms with Gasteiger partial charge in [-0.25, -0.2) is 0 Å². The first kappa shape index (κ1) is 22.6. The first-order chi connectivity index (χ1) is 13.5. The number of carbonyl (C=O) groups is 1. The summed E-state index contributed by atoms with van der Waals surface area (Å²) in [5.41, 5.74) is 2.70. The average molecular weight is 391 g/mol. The maximum Gasteiger partial charge on any atom is 0.273 e. The lowest BCUT2D eigenvalue weighted by Gasteiger charge is -2.10. The molecule has 0 unspecified atom stereocenters. The molecule has 1 rings (SSSR count). The van der Waals surface area contributed by atoms with E-state index in [9.17, 15) is 4.79 Å². The summed E-state index contributed by atoms with van der Waals surface area (Å²) in [6.45, 7) is 3.49. The minimum absolute atomic E-state index is 0.0912. The smallest absolute Gasteiger partial charge is 0.273 e. The van der Waals surface area contributed by atoms with Crippen molar-refractivity contribution in [1.29, 1.82) is 0 Å². The molecule has 0 heterocycles. The zero-order valence-corrected chi connectivity index (χ0v) is 16.8. The Hall–Kier alpha value is -3.43. The third-order valence-corrected chi connectivity index (χ3v) is 3.41. The van der Waals surface area contributed by atoms with E-state index in [0.717, 1.165) is 0 Å². The Bertz CT molecular complexity index is 786. The molecule has 1 aromatic rings. The number of benzene rings is 1. The second-order valence-corrected chi connectivity index (χ2v) is 5.29. The zero-order valence-electron chi connectivity index (χ0n) is 16.8. The minimum atomic E-state index is -0.380. The van der Waals surface area contributed by atoms with Gasteiger partial charge in [-0.1, -0.05) is 44.9 Å². The van der Waals surface area contributed by atoms with Crippen molar-refractivity contribution >= 4 is 28.8 Å². The normalized spacial score (nSPS) is 13.1. The monoisotopic (exact) mass is 391 g/mol. The zero-order chi connectivity index (χ0) is 20.9. The van der Waals surface area contributed by atoms with E-state index in [0.29, 0.717) is 28.3 Å². The molecule has 28 heavy (non-hydrogen) atoms. The van der Waals surface area contributed by atoms with E-state index in [1.807, 2.05) is 6.07 Å². The van der Waals surface area contributed by atoms with Gasteiger partial charge in [-0.15, -0.1) is 0 Å². The molecule has 0 saturated heterocycles. The van der Waals surface area contributed by atoms with Crippen LogP contribution in [0.25, 0.3) is 0 Å². The van der Waals surface area contributed by atoms with E-state index in [-0.39, 0.29) is 18.2 Å². The second kappa shape index (κ2) is 12.0. The highest BCUT2D eigenvalue weighted by Crippen LogP contribution is 2.13. The fourth-order valence-electron chi connectivity index (χ4n) is 2.21. The van der Waals surface area contributed by atoms with Crippen LogP contribution in [0.4, 0.5) is 0 Å². The maximum absolute atomic E-state index is 12.1. The Morgan fingerprint density at radius 3 is 2.14 bits per heavy atom. The van der Waals surface area contributed by atoms with E-state index in [2.05, 4.69) is 25.9 Å². The Morgan fingerprint density at radius 1 is 0.929 bits per heavy atom. The standard InChI is InChI=1S/C18H25N5O5/c1-12(20-25-4)16(22-26-5)13(2)21-28-11-14-9-7-8-10-15(14)17(23-27-6)18(24)19-3/h7-10H,11H2,1-6H3,(H,19,24)/b20-12-,21-13+,22-16-,23-17+. The van der Waals surface area contributed by atoms with Gasteiger partial charge < -0.3 is 24.7 Å². The number of amides is 1. The third-order valence-electron chi connectivity index (χ3n) is 3.41. The molecular weight excluding hydrogens is 366 g/mol. The van der Waals surface area contributed by atoms with Crippen molar-refractivity contribution in [3.05, 3.63) is 35.4 Å². The lowest BCUT2D eigenvalue weighted by molar-refractivity contribution is -0.114. The molecule has 1 amide bonds. The highest BCUT2D eigenvalue weighted by atomic mass is 16.6. The molecule has 1 aromatic carbocycles. The van der Waals surface area contributed by atoms with E-state index in [4.69, 9.17) is 19.4 Å². The first-order valence-corrected chi connectivity index (χ1v) is 8.27. The quantitative estimate of drug-likeness (QED) is 0.481. The summed E-state index contributed by atoms with van der Waals surface area (Å²) in [7, 11) is 5.73. The van der Waals surface area contributed by atoms with Gasteiger partial charge in [0.15, 0.2) is 11.4 Å². The lowest BCUT2D eigenvalue weighted by atomic mass is 10.0. The number of likely N-dealkylation sites (N-methyl/N-ethyl adjacent to an activating group) is 1. The summed E-state index contributed by atoms with van der Waals surface area (Å²) in [5.74, 6) is -0.380. The van der Waals surface area contributed by atoms with Gasteiger partial charge in [-0.3, -0.25) is 4.79 Å². The summed E-state index contributed by atoms with van der Waals surface area (Å²) < 4.78 is 0. The number of hydrogen-bond acceptors (Lipinski definition) is 9. The highest BCUT2D eigenvalue weighted by molar-refractivity contribution is 6.67. The van der Waals surface area contributed by atoms with Gasteiger partial charge in [0.05, 0.1) is 0 Å². The molecule has 10 heteroatoms. The first-order valence-electron chi connectivity index (χ1n) is 8.27. The van der Waals surface area contributed by atoms with Crippen molar-refractivity contribution in [2.24, 2.45) is 20.6 Å². The van der Waals surface area contributed by atoms with Crippen LogP contribution >= 0.6 is 0 Å². The number of rotatable bonds is 10. The van der Waals surface area contributed by atoms with E-state index < -0.39 is 0 Å².